The second-order valence-corrected chi connectivity index (χ2v) is 8.33. The largest absolute Gasteiger partial charge is 0.490 e. The molecule has 1 amide bonds. The number of rotatable bonds is 12. The summed E-state index contributed by atoms with van der Waals surface area (Å²) in [6, 6.07) is 11.7. The van der Waals surface area contributed by atoms with Crippen molar-refractivity contribution < 1.29 is 19.1 Å². The number of para-hydroxylation sites is 2. The molecule has 2 heterocycles. The fourth-order valence-corrected chi connectivity index (χ4v) is 4.52. The molecule has 0 saturated carbocycles. The van der Waals surface area contributed by atoms with Crippen LogP contribution in [0.2, 0.25) is 0 Å². The summed E-state index contributed by atoms with van der Waals surface area (Å²) >= 11 is 0. The SMILES string of the molecule is CCOc1ccccc1OCCNCCCCC(=O)c1cc2c3c(c1)CC(=O)N3CCC2.Cl. The van der Waals surface area contributed by atoms with Gasteiger partial charge in [0.05, 0.1) is 18.7 Å². The summed E-state index contributed by atoms with van der Waals surface area (Å²) in [6.07, 6.45) is 4.68. The van der Waals surface area contributed by atoms with Gasteiger partial charge in [0.2, 0.25) is 5.91 Å². The van der Waals surface area contributed by atoms with Crippen molar-refractivity contribution in [1.82, 2.24) is 5.32 Å². The Hall–Kier alpha value is -2.57. The van der Waals surface area contributed by atoms with Crippen molar-refractivity contribution in [3.8, 4) is 11.5 Å². The van der Waals surface area contributed by atoms with Crippen LogP contribution in [0.25, 0.3) is 0 Å². The number of unbranched alkanes of at least 4 members (excludes halogenated alkanes) is 1. The number of nitrogens with zero attached hydrogens (tertiary/aromatic N) is 1. The first-order chi connectivity index (χ1) is 15.7. The number of carbonyl (C=O) groups is 2. The van der Waals surface area contributed by atoms with E-state index in [-0.39, 0.29) is 24.1 Å². The molecule has 0 saturated heterocycles. The Morgan fingerprint density at radius 3 is 2.61 bits per heavy atom. The van der Waals surface area contributed by atoms with Gasteiger partial charge >= 0.3 is 0 Å². The summed E-state index contributed by atoms with van der Waals surface area (Å²) in [5.74, 6) is 1.88. The molecule has 33 heavy (non-hydrogen) atoms. The zero-order chi connectivity index (χ0) is 22.3. The van der Waals surface area contributed by atoms with Crippen LogP contribution >= 0.6 is 12.4 Å². The lowest BCUT2D eigenvalue weighted by molar-refractivity contribution is -0.117. The molecule has 178 valence electrons. The highest BCUT2D eigenvalue weighted by Crippen LogP contribution is 2.37. The van der Waals surface area contributed by atoms with E-state index in [1.54, 1.807) is 0 Å². The minimum Gasteiger partial charge on any atom is -0.490 e. The maximum Gasteiger partial charge on any atom is 0.231 e. The van der Waals surface area contributed by atoms with Crippen molar-refractivity contribution in [2.24, 2.45) is 0 Å². The standard InChI is InChI=1S/C26H32N2O4.ClH/c1-2-31-23-10-3-4-11-24(23)32-15-13-27-12-6-5-9-22(29)20-16-19-8-7-14-28-25(30)18-21(17-20)26(19)28;/h3-4,10-11,16-17,27H,2,5-9,12-15,18H2,1H3;1H. The van der Waals surface area contributed by atoms with Crippen molar-refractivity contribution in [3.05, 3.63) is 53.1 Å². The second kappa shape index (κ2) is 12.1. The quantitative estimate of drug-likeness (QED) is 0.367. The van der Waals surface area contributed by atoms with E-state index >= 15 is 0 Å². The number of amides is 1. The number of hydrogen-bond donors (Lipinski definition) is 1. The fourth-order valence-electron chi connectivity index (χ4n) is 4.52. The molecule has 7 heteroatoms. The van der Waals surface area contributed by atoms with Crippen molar-refractivity contribution in [3.63, 3.8) is 0 Å². The molecule has 0 aliphatic carbocycles. The summed E-state index contributed by atoms with van der Waals surface area (Å²) < 4.78 is 11.4. The number of halogens is 1. The maximum atomic E-state index is 12.7. The molecule has 0 bridgehead atoms. The van der Waals surface area contributed by atoms with Crippen LogP contribution in [-0.4, -0.2) is 44.5 Å². The molecule has 2 aliphatic heterocycles. The summed E-state index contributed by atoms with van der Waals surface area (Å²) in [7, 11) is 0. The van der Waals surface area contributed by atoms with Gasteiger partial charge in [0.1, 0.15) is 6.61 Å². The number of carbonyl (C=O) groups excluding carboxylic acids is 2. The van der Waals surface area contributed by atoms with Crippen LogP contribution in [0.5, 0.6) is 11.5 Å². The van der Waals surface area contributed by atoms with Crippen molar-refractivity contribution >= 4 is 29.8 Å². The lowest BCUT2D eigenvalue weighted by atomic mass is 9.94. The molecule has 6 nitrogen and oxygen atoms in total. The van der Waals surface area contributed by atoms with Gasteiger partial charge in [-0.15, -0.1) is 12.4 Å². The molecule has 0 spiro atoms. The molecule has 2 aromatic carbocycles. The molecule has 0 radical (unpaired) electrons. The average Bonchev–Trinajstić information content (AvgIpc) is 3.13. The normalized spacial score (nSPS) is 14.0. The summed E-state index contributed by atoms with van der Waals surface area (Å²) in [5, 5.41) is 3.37. The maximum absolute atomic E-state index is 12.7. The predicted molar refractivity (Wildman–Crippen MR) is 132 cm³/mol. The molecule has 0 atom stereocenters. The first-order valence-corrected chi connectivity index (χ1v) is 11.7. The van der Waals surface area contributed by atoms with E-state index in [0.717, 1.165) is 79.2 Å². The van der Waals surface area contributed by atoms with Gasteiger partial charge < -0.3 is 19.7 Å². The summed E-state index contributed by atoms with van der Waals surface area (Å²) in [4.78, 5) is 26.8. The summed E-state index contributed by atoms with van der Waals surface area (Å²) in [5.41, 5.74) is 4.04. The lowest BCUT2D eigenvalue weighted by Crippen LogP contribution is -2.31. The first-order valence-electron chi connectivity index (χ1n) is 11.7. The van der Waals surface area contributed by atoms with E-state index in [1.807, 2.05) is 48.2 Å². The van der Waals surface area contributed by atoms with Gasteiger partial charge in [-0.2, -0.15) is 0 Å². The zero-order valence-electron chi connectivity index (χ0n) is 19.2. The van der Waals surface area contributed by atoms with Crippen molar-refractivity contribution in [2.45, 2.75) is 45.4 Å². The Kier molecular flexibility index (Phi) is 9.15. The molecule has 0 unspecified atom stereocenters. The van der Waals surface area contributed by atoms with Crippen LogP contribution in [0.3, 0.4) is 0 Å². The van der Waals surface area contributed by atoms with Gasteiger partial charge in [-0.1, -0.05) is 12.1 Å². The highest BCUT2D eigenvalue weighted by Gasteiger charge is 2.32. The van der Waals surface area contributed by atoms with Gasteiger partial charge in [0, 0.05) is 25.1 Å². The third kappa shape index (κ3) is 6.06. The smallest absolute Gasteiger partial charge is 0.231 e. The van der Waals surface area contributed by atoms with E-state index in [2.05, 4.69) is 5.32 Å². The molecule has 4 rings (SSSR count). The lowest BCUT2D eigenvalue weighted by Gasteiger charge is -2.25. The van der Waals surface area contributed by atoms with Gasteiger partial charge in [-0.05, 0) is 74.5 Å². The number of aryl methyl sites for hydroxylation is 1. The third-order valence-electron chi connectivity index (χ3n) is 6.02. The minimum atomic E-state index is 0. The number of ketones is 1. The number of anilines is 1. The van der Waals surface area contributed by atoms with Gasteiger partial charge in [0.25, 0.3) is 0 Å². The van der Waals surface area contributed by atoms with Crippen molar-refractivity contribution in [1.29, 1.82) is 0 Å². The topological polar surface area (TPSA) is 67.9 Å². The van der Waals surface area contributed by atoms with E-state index in [1.165, 1.54) is 0 Å². The van der Waals surface area contributed by atoms with Crippen LogP contribution in [-0.2, 0) is 17.6 Å². The number of nitrogens with one attached hydrogen (secondary N) is 1. The van der Waals surface area contributed by atoms with Gasteiger partial charge in [-0.25, -0.2) is 0 Å². The van der Waals surface area contributed by atoms with Crippen LogP contribution in [0, 0.1) is 0 Å². The third-order valence-corrected chi connectivity index (χ3v) is 6.02. The van der Waals surface area contributed by atoms with Gasteiger partial charge in [0.15, 0.2) is 17.3 Å². The molecular weight excluding hydrogens is 440 g/mol. The van der Waals surface area contributed by atoms with Crippen LogP contribution in [0.1, 0.15) is 54.1 Å². The van der Waals surface area contributed by atoms with E-state index in [9.17, 15) is 9.59 Å². The average molecular weight is 473 g/mol. The minimum absolute atomic E-state index is 0. The van der Waals surface area contributed by atoms with E-state index < -0.39 is 0 Å². The Balaban J connectivity index is 0.00000306. The molecule has 2 aliphatic rings. The number of Topliss-reactive ketones (excluding diaryl/α,β-unsaturated/α-hetero) is 1. The fraction of sp³-hybridized carbons (Fsp3) is 0.462. The predicted octanol–water partition coefficient (Wildman–Crippen LogP) is 4.36. The Bertz CT molecular complexity index is 979. The van der Waals surface area contributed by atoms with E-state index in [0.29, 0.717) is 26.1 Å². The molecule has 0 fully saturated rings. The summed E-state index contributed by atoms with van der Waals surface area (Å²) in [6.45, 7) is 5.54. The Morgan fingerprint density at radius 1 is 1.06 bits per heavy atom. The van der Waals surface area contributed by atoms with Crippen molar-refractivity contribution in [2.75, 3.05) is 37.7 Å². The molecular formula is C26H33ClN2O4. The molecule has 0 aromatic heterocycles. The first kappa shape index (κ1) is 25.1. The second-order valence-electron chi connectivity index (χ2n) is 8.33. The number of ether oxygens (including phenoxy) is 2. The molecule has 2 aromatic rings. The number of benzene rings is 2. The van der Waals surface area contributed by atoms with E-state index in [4.69, 9.17) is 9.47 Å². The Labute approximate surface area is 202 Å². The van der Waals surface area contributed by atoms with Crippen LogP contribution < -0.4 is 19.7 Å². The number of hydrogen-bond acceptors (Lipinski definition) is 5. The van der Waals surface area contributed by atoms with Gasteiger partial charge in [-0.3, -0.25) is 9.59 Å². The monoisotopic (exact) mass is 472 g/mol. The highest BCUT2D eigenvalue weighted by molar-refractivity contribution is 6.05. The molecule has 1 N–H and O–H groups in total. The Morgan fingerprint density at radius 2 is 1.82 bits per heavy atom. The van der Waals surface area contributed by atoms with Crippen LogP contribution in [0.15, 0.2) is 36.4 Å². The van der Waals surface area contributed by atoms with Crippen LogP contribution in [0.4, 0.5) is 5.69 Å². The highest BCUT2D eigenvalue weighted by atomic mass is 35.5. The zero-order valence-corrected chi connectivity index (χ0v) is 20.0.